The van der Waals surface area contributed by atoms with Crippen LogP contribution in [0.4, 0.5) is 0 Å². The fourth-order valence-corrected chi connectivity index (χ4v) is 2.22. The van der Waals surface area contributed by atoms with Crippen molar-refractivity contribution in [2.24, 2.45) is 5.73 Å². The first-order valence-corrected chi connectivity index (χ1v) is 5.71. The van der Waals surface area contributed by atoms with E-state index in [1.807, 2.05) is 24.7 Å². The number of aromatic nitrogens is 3. The fraction of sp³-hybridized carbons (Fsp3) is 0.400. The van der Waals surface area contributed by atoms with E-state index in [2.05, 4.69) is 15.5 Å². The van der Waals surface area contributed by atoms with Crippen molar-refractivity contribution in [2.75, 3.05) is 0 Å². The van der Waals surface area contributed by atoms with Crippen LogP contribution < -0.4 is 5.73 Å². The van der Waals surface area contributed by atoms with Crippen LogP contribution in [0, 0.1) is 13.8 Å². The highest BCUT2D eigenvalue weighted by Crippen LogP contribution is 2.11. The number of thiazole rings is 1. The first kappa shape index (κ1) is 10.3. The van der Waals surface area contributed by atoms with E-state index >= 15 is 0 Å². The van der Waals surface area contributed by atoms with E-state index in [0.29, 0.717) is 6.54 Å². The molecule has 2 N–H and O–H groups in total. The summed E-state index contributed by atoms with van der Waals surface area (Å²) in [5.41, 5.74) is 8.77. The number of nitrogens with zero attached hydrogens (tertiary/aromatic N) is 3. The SMILES string of the molecule is Cc1csc(Cn2cc(CN)c(C)n2)n1. The summed E-state index contributed by atoms with van der Waals surface area (Å²) in [4.78, 5) is 4.40. The summed E-state index contributed by atoms with van der Waals surface area (Å²) in [7, 11) is 0. The first-order valence-electron chi connectivity index (χ1n) is 4.83. The first-order chi connectivity index (χ1) is 7.19. The maximum atomic E-state index is 5.60. The topological polar surface area (TPSA) is 56.7 Å². The van der Waals surface area contributed by atoms with Gasteiger partial charge in [-0.3, -0.25) is 4.68 Å². The van der Waals surface area contributed by atoms with Crippen molar-refractivity contribution < 1.29 is 0 Å². The highest BCUT2D eigenvalue weighted by Gasteiger charge is 2.05. The van der Waals surface area contributed by atoms with Crippen LogP contribution in [-0.2, 0) is 13.1 Å². The molecule has 2 aromatic rings. The van der Waals surface area contributed by atoms with Crippen LogP contribution >= 0.6 is 11.3 Å². The van der Waals surface area contributed by atoms with E-state index < -0.39 is 0 Å². The molecule has 0 radical (unpaired) electrons. The molecule has 0 fully saturated rings. The van der Waals surface area contributed by atoms with Gasteiger partial charge in [0.1, 0.15) is 5.01 Å². The van der Waals surface area contributed by atoms with Crippen molar-refractivity contribution >= 4 is 11.3 Å². The molecule has 0 aliphatic heterocycles. The van der Waals surface area contributed by atoms with Crippen LogP contribution in [0.3, 0.4) is 0 Å². The van der Waals surface area contributed by atoms with Gasteiger partial charge in [-0.1, -0.05) is 0 Å². The summed E-state index contributed by atoms with van der Waals surface area (Å²) in [5, 5.41) is 7.52. The molecule has 2 heterocycles. The molecule has 0 spiro atoms. The molecule has 80 valence electrons. The molecular formula is C10H14N4S. The molecule has 0 aromatic carbocycles. The van der Waals surface area contributed by atoms with Crippen molar-refractivity contribution in [3.63, 3.8) is 0 Å². The smallest absolute Gasteiger partial charge is 0.114 e. The normalized spacial score (nSPS) is 10.9. The van der Waals surface area contributed by atoms with E-state index in [0.717, 1.165) is 28.5 Å². The molecule has 2 rings (SSSR count). The molecular weight excluding hydrogens is 208 g/mol. The number of aryl methyl sites for hydroxylation is 2. The Bertz CT molecular complexity index is 458. The summed E-state index contributed by atoms with van der Waals surface area (Å²) in [6.45, 7) is 5.26. The Balaban J connectivity index is 2.17. The molecule has 0 amide bonds. The van der Waals surface area contributed by atoms with Gasteiger partial charge in [0.05, 0.1) is 12.2 Å². The largest absolute Gasteiger partial charge is 0.326 e. The van der Waals surface area contributed by atoms with E-state index in [1.54, 1.807) is 11.3 Å². The van der Waals surface area contributed by atoms with E-state index in [4.69, 9.17) is 5.73 Å². The monoisotopic (exact) mass is 222 g/mol. The predicted octanol–water partition coefficient (Wildman–Crippen LogP) is 1.46. The average Bonchev–Trinajstić information content (AvgIpc) is 2.73. The van der Waals surface area contributed by atoms with Gasteiger partial charge >= 0.3 is 0 Å². The maximum Gasteiger partial charge on any atom is 0.114 e. The second-order valence-electron chi connectivity index (χ2n) is 3.52. The van der Waals surface area contributed by atoms with E-state index in [9.17, 15) is 0 Å². The van der Waals surface area contributed by atoms with Gasteiger partial charge in [0, 0.05) is 29.4 Å². The zero-order chi connectivity index (χ0) is 10.8. The van der Waals surface area contributed by atoms with Crippen molar-refractivity contribution in [3.05, 3.63) is 33.5 Å². The molecule has 15 heavy (non-hydrogen) atoms. The minimum Gasteiger partial charge on any atom is -0.326 e. The van der Waals surface area contributed by atoms with Crippen LogP contribution in [0.2, 0.25) is 0 Å². The van der Waals surface area contributed by atoms with Crippen molar-refractivity contribution in [3.8, 4) is 0 Å². The molecule has 2 aromatic heterocycles. The van der Waals surface area contributed by atoms with Gasteiger partial charge < -0.3 is 5.73 Å². The van der Waals surface area contributed by atoms with Gasteiger partial charge in [-0.15, -0.1) is 11.3 Å². The van der Waals surface area contributed by atoms with Crippen LogP contribution in [0.1, 0.15) is 22.0 Å². The minimum atomic E-state index is 0.544. The van der Waals surface area contributed by atoms with Crippen molar-refractivity contribution in [1.82, 2.24) is 14.8 Å². The maximum absolute atomic E-state index is 5.60. The summed E-state index contributed by atoms with van der Waals surface area (Å²) in [5.74, 6) is 0. The standard InChI is InChI=1S/C10H14N4S/c1-7-6-15-10(12-7)5-14-4-9(3-11)8(2)13-14/h4,6H,3,5,11H2,1-2H3. The Morgan fingerprint density at radius 3 is 2.80 bits per heavy atom. The van der Waals surface area contributed by atoms with Gasteiger partial charge in [-0.2, -0.15) is 5.10 Å². The number of hydrogen-bond acceptors (Lipinski definition) is 4. The van der Waals surface area contributed by atoms with Gasteiger partial charge in [0.2, 0.25) is 0 Å². The lowest BCUT2D eigenvalue weighted by Gasteiger charge is -1.95. The Morgan fingerprint density at radius 2 is 2.27 bits per heavy atom. The molecule has 0 aliphatic rings. The fourth-order valence-electron chi connectivity index (χ4n) is 1.45. The second kappa shape index (κ2) is 4.12. The molecule has 4 nitrogen and oxygen atoms in total. The summed E-state index contributed by atoms with van der Waals surface area (Å²) in [6.07, 6.45) is 1.99. The van der Waals surface area contributed by atoms with Gasteiger partial charge in [0.25, 0.3) is 0 Å². The van der Waals surface area contributed by atoms with Crippen LogP contribution in [0.25, 0.3) is 0 Å². The van der Waals surface area contributed by atoms with Gasteiger partial charge in [0.15, 0.2) is 0 Å². The van der Waals surface area contributed by atoms with Crippen LogP contribution in [0.15, 0.2) is 11.6 Å². The highest BCUT2D eigenvalue weighted by molar-refractivity contribution is 7.09. The molecule has 0 saturated heterocycles. The van der Waals surface area contributed by atoms with E-state index in [-0.39, 0.29) is 0 Å². The minimum absolute atomic E-state index is 0.544. The van der Waals surface area contributed by atoms with Gasteiger partial charge in [-0.05, 0) is 13.8 Å². The second-order valence-corrected chi connectivity index (χ2v) is 4.47. The molecule has 0 bridgehead atoms. The van der Waals surface area contributed by atoms with Crippen LogP contribution in [-0.4, -0.2) is 14.8 Å². The third kappa shape index (κ3) is 2.24. The van der Waals surface area contributed by atoms with Crippen LogP contribution in [0.5, 0.6) is 0 Å². The molecule has 0 saturated carbocycles. The van der Waals surface area contributed by atoms with Gasteiger partial charge in [-0.25, -0.2) is 4.98 Å². The number of rotatable bonds is 3. The lowest BCUT2D eigenvalue weighted by Crippen LogP contribution is -2.00. The zero-order valence-electron chi connectivity index (χ0n) is 8.90. The molecule has 5 heteroatoms. The zero-order valence-corrected chi connectivity index (χ0v) is 9.71. The highest BCUT2D eigenvalue weighted by atomic mass is 32.1. The lowest BCUT2D eigenvalue weighted by molar-refractivity contribution is 0.675. The summed E-state index contributed by atoms with van der Waals surface area (Å²) < 4.78 is 1.90. The summed E-state index contributed by atoms with van der Waals surface area (Å²) >= 11 is 1.66. The lowest BCUT2D eigenvalue weighted by atomic mass is 10.3. The summed E-state index contributed by atoms with van der Waals surface area (Å²) in [6, 6.07) is 0. The Hall–Kier alpha value is -1.20. The predicted molar refractivity (Wildman–Crippen MR) is 60.8 cm³/mol. The Morgan fingerprint density at radius 1 is 1.47 bits per heavy atom. The Kier molecular flexibility index (Phi) is 2.83. The number of hydrogen-bond donors (Lipinski definition) is 1. The van der Waals surface area contributed by atoms with E-state index in [1.165, 1.54) is 0 Å². The quantitative estimate of drug-likeness (QED) is 0.855. The average molecular weight is 222 g/mol. The van der Waals surface area contributed by atoms with Crippen molar-refractivity contribution in [2.45, 2.75) is 26.9 Å². The molecule has 0 unspecified atom stereocenters. The Labute approximate surface area is 92.8 Å². The third-order valence-electron chi connectivity index (χ3n) is 2.23. The molecule has 0 aliphatic carbocycles. The third-order valence-corrected chi connectivity index (χ3v) is 3.18. The number of nitrogens with two attached hydrogens (primary N) is 1. The molecule has 0 atom stereocenters. The van der Waals surface area contributed by atoms with Crippen molar-refractivity contribution in [1.29, 1.82) is 0 Å².